The molecule has 3 atom stereocenters. The Balaban J connectivity index is 1.25. The van der Waals surface area contributed by atoms with Crippen molar-refractivity contribution in [2.45, 2.75) is 44.3 Å². The lowest BCUT2D eigenvalue weighted by Crippen LogP contribution is -2.41. The Morgan fingerprint density at radius 1 is 1.14 bits per heavy atom. The first-order chi connectivity index (χ1) is 21.4. The molecular formula is C34H32FN7O2. The van der Waals surface area contributed by atoms with Gasteiger partial charge in [-0.1, -0.05) is 6.07 Å². The summed E-state index contributed by atoms with van der Waals surface area (Å²) >= 11 is 0. The highest BCUT2D eigenvalue weighted by Gasteiger charge is 2.47. The van der Waals surface area contributed by atoms with Crippen molar-refractivity contribution >= 4 is 28.0 Å². The van der Waals surface area contributed by atoms with Crippen LogP contribution in [0.1, 0.15) is 41.6 Å². The Hall–Kier alpha value is -4.75. The van der Waals surface area contributed by atoms with E-state index in [0.717, 1.165) is 60.3 Å². The minimum absolute atomic E-state index is 0.00923. The Labute approximate surface area is 253 Å². The van der Waals surface area contributed by atoms with E-state index in [4.69, 9.17) is 20.4 Å². The van der Waals surface area contributed by atoms with E-state index < -0.39 is 5.82 Å². The molecule has 9 nitrogen and oxygen atoms in total. The fourth-order valence-corrected chi connectivity index (χ4v) is 7.29. The number of hydrogen-bond acceptors (Lipinski definition) is 6. The highest BCUT2D eigenvalue weighted by atomic mass is 19.1. The molecule has 1 saturated heterocycles. The number of fused-ring (bicyclic) bond motifs is 4. The Bertz CT molecular complexity index is 2040. The molecule has 44 heavy (non-hydrogen) atoms. The summed E-state index contributed by atoms with van der Waals surface area (Å²) in [4.78, 5) is 25.6. The van der Waals surface area contributed by atoms with E-state index in [2.05, 4.69) is 10.6 Å². The summed E-state index contributed by atoms with van der Waals surface area (Å²) in [6.45, 7) is 1.46. The number of imidazole rings is 1. The molecule has 2 N–H and O–H groups in total. The molecule has 3 unspecified atom stereocenters. The maximum atomic E-state index is 15.1. The molecule has 222 valence electrons. The molecule has 3 aliphatic rings. The number of aromatic nitrogens is 4. The fraction of sp³-hybridized carbons (Fsp3) is 0.353. The smallest absolute Gasteiger partial charge is 0.254 e. The van der Waals surface area contributed by atoms with E-state index >= 15 is 4.39 Å². The van der Waals surface area contributed by atoms with Crippen molar-refractivity contribution in [1.29, 1.82) is 5.26 Å². The zero-order valence-electron chi connectivity index (χ0n) is 24.6. The third-order valence-electron chi connectivity index (χ3n) is 9.82. The van der Waals surface area contributed by atoms with Crippen LogP contribution in [0.2, 0.25) is 0 Å². The summed E-state index contributed by atoms with van der Waals surface area (Å²) in [6.07, 6.45) is 4.30. The van der Waals surface area contributed by atoms with Crippen LogP contribution in [0.25, 0.3) is 44.8 Å². The van der Waals surface area contributed by atoms with Crippen molar-refractivity contribution in [3.63, 3.8) is 0 Å². The highest BCUT2D eigenvalue weighted by molar-refractivity contribution is 6.00. The minimum Gasteiger partial charge on any atom is -0.494 e. The van der Waals surface area contributed by atoms with Gasteiger partial charge in [0.1, 0.15) is 28.8 Å². The van der Waals surface area contributed by atoms with Gasteiger partial charge in [0.15, 0.2) is 5.82 Å². The van der Waals surface area contributed by atoms with Crippen molar-refractivity contribution in [2.24, 2.45) is 24.6 Å². The van der Waals surface area contributed by atoms with Crippen molar-refractivity contribution in [2.75, 3.05) is 13.7 Å². The number of benzene rings is 2. The molecular weight excluding hydrogens is 557 g/mol. The van der Waals surface area contributed by atoms with Gasteiger partial charge < -0.3 is 24.5 Å². The van der Waals surface area contributed by atoms with E-state index in [0.29, 0.717) is 46.5 Å². The lowest BCUT2D eigenvalue weighted by Gasteiger charge is -2.27. The normalized spacial score (nSPS) is 21.0. The Morgan fingerprint density at radius 2 is 1.98 bits per heavy atom. The second-order valence-corrected chi connectivity index (χ2v) is 12.5. The first-order valence-corrected chi connectivity index (χ1v) is 15.2. The predicted molar refractivity (Wildman–Crippen MR) is 164 cm³/mol. The highest BCUT2D eigenvalue weighted by Crippen LogP contribution is 2.40. The van der Waals surface area contributed by atoms with Crippen LogP contribution in [0, 0.1) is 29.0 Å². The number of nitriles is 1. The van der Waals surface area contributed by atoms with E-state index in [9.17, 15) is 10.1 Å². The second kappa shape index (κ2) is 9.89. The van der Waals surface area contributed by atoms with Crippen LogP contribution in [0.15, 0.2) is 48.5 Å². The van der Waals surface area contributed by atoms with Crippen molar-refractivity contribution in [3.05, 3.63) is 65.5 Å². The van der Waals surface area contributed by atoms with Gasteiger partial charge in [0.05, 0.1) is 29.6 Å². The molecule has 4 heterocycles. The maximum absolute atomic E-state index is 15.1. The molecule has 1 aliphatic heterocycles. The summed E-state index contributed by atoms with van der Waals surface area (Å²) in [7, 11) is 3.56. The van der Waals surface area contributed by atoms with E-state index in [1.807, 2.05) is 40.8 Å². The molecule has 1 amide bonds. The number of piperidine rings is 1. The molecule has 2 aromatic carbocycles. The molecule has 0 spiro atoms. The van der Waals surface area contributed by atoms with Crippen LogP contribution in [0.3, 0.4) is 0 Å². The third kappa shape index (κ3) is 4.03. The van der Waals surface area contributed by atoms with Crippen molar-refractivity contribution in [1.82, 2.24) is 24.0 Å². The number of carbonyl (C=O) groups is 1. The molecule has 2 saturated carbocycles. The second-order valence-electron chi connectivity index (χ2n) is 12.5. The molecule has 8 rings (SSSR count). The van der Waals surface area contributed by atoms with Crippen molar-refractivity contribution in [3.8, 4) is 34.6 Å². The number of hydrogen-bond donors (Lipinski definition) is 1. The van der Waals surface area contributed by atoms with Gasteiger partial charge >= 0.3 is 0 Å². The summed E-state index contributed by atoms with van der Waals surface area (Å²) in [6, 6.07) is 16.3. The standard InChI is InChI=1S/C34H32FN7O2/c1-40-31-25(12-22(14-28(31)44-2)34(43)42-17-21-9-11-26(42)30(21)37)39-33(40)27-13-19-8-10-24(23-5-3-4-20(15-36)29(23)35)38-32(19)41(27)16-18-6-7-18/h3-5,8,10,12-14,18,21,26,30H,6-7,9,11,16-17,37H2,1-2H3. The number of amides is 1. The number of halogens is 1. The van der Waals surface area contributed by atoms with Gasteiger partial charge in [-0.25, -0.2) is 14.4 Å². The van der Waals surface area contributed by atoms with Gasteiger partial charge in [-0.05, 0) is 80.0 Å². The molecule has 3 aromatic heterocycles. The monoisotopic (exact) mass is 589 g/mol. The quantitative estimate of drug-likeness (QED) is 0.289. The van der Waals surface area contributed by atoms with Crippen LogP contribution >= 0.6 is 0 Å². The van der Waals surface area contributed by atoms with Crippen molar-refractivity contribution < 1.29 is 13.9 Å². The first kappa shape index (κ1) is 26.8. The zero-order valence-corrected chi connectivity index (χ0v) is 24.6. The molecule has 10 heteroatoms. The number of pyridine rings is 1. The number of ether oxygens (including phenoxy) is 1. The minimum atomic E-state index is -0.570. The van der Waals surface area contributed by atoms with E-state index in [1.54, 1.807) is 25.3 Å². The van der Waals surface area contributed by atoms with E-state index in [1.165, 1.54) is 6.07 Å². The number of aryl methyl sites for hydroxylation is 1. The van der Waals surface area contributed by atoms with Crippen LogP contribution < -0.4 is 10.5 Å². The predicted octanol–water partition coefficient (Wildman–Crippen LogP) is 5.25. The number of nitrogens with zero attached hydrogens (tertiary/aromatic N) is 6. The average molecular weight is 590 g/mol. The summed E-state index contributed by atoms with van der Waals surface area (Å²) in [5.41, 5.74) is 10.8. The number of methoxy groups -OCH3 is 1. The Morgan fingerprint density at radius 3 is 2.68 bits per heavy atom. The number of nitrogens with two attached hydrogens (primary N) is 1. The zero-order chi connectivity index (χ0) is 30.3. The van der Waals surface area contributed by atoms with Gasteiger partial charge in [-0.2, -0.15) is 5.26 Å². The lowest BCUT2D eigenvalue weighted by atomic mass is 10.1. The number of carbonyl (C=O) groups excluding carboxylic acids is 1. The molecule has 2 bridgehead atoms. The topological polar surface area (TPSA) is 115 Å². The van der Waals surface area contributed by atoms with Crippen LogP contribution in [-0.2, 0) is 13.6 Å². The van der Waals surface area contributed by atoms with Gasteiger partial charge in [0, 0.05) is 48.7 Å². The number of rotatable bonds is 6. The SMILES string of the molecule is COc1cc(C(=O)N2CC3CCC2C3N)cc2nc(-c3cc4ccc(-c5cccc(C#N)c5F)nc4n3CC3CC3)n(C)c12. The average Bonchev–Trinajstić information content (AvgIpc) is 3.44. The van der Waals surface area contributed by atoms with Gasteiger partial charge in [-0.15, -0.1) is 0 Å². The summed E-state index contributed by atoms with van der Waals surface area (Å²) in [5, 5.41) is 10.3. The van der Waals surface area contributed by atoms with E-state index in [-0.39, 0.29) is 23.6 Å². The van der Waals surface area contributed by atoms with Gasteiger partial charge in [0.2, 0.25) is 0 Å². The fourth-order valence-electron chi connectivity index (χ4n) is 7.29. The van der Waals surface area contributed by atoms with Crippen LogP contribution in [0.5, 0.6) is 5.75 Å². The van der Waals surface area contributed by atoms with Gasteiger partial charge in [-0.3, -0.25) is 4.79 Å². The molecule has 5 aromatic rings. The largest absolute Gasteiger partial charge is 0.494 e. The first-order valence-electron chi connectivity index (χ1n) is 15.2. The molecule has 3 fully saturated rings. The summed E-state index contributed by atoms with van der Waals surface area (Å²) < 4.78 is 25.1. The van der Waals surface area contributed by atoms with Crippen LogP contribution in [-0.4, -0.2) is 55.6 Å². The van der Waals surface area contributed by atoms with Crippen LogP contribution in [0.4, 0.5) is 4.39 Å². The van der Waals surface area contributed by atoms with Gasteiger partial charge in [0.25, 0.3) is 5.91 Å². The summed E-state index contributed by atoms with van der Waals surface area (Å²) in [5.74, 6) is 1.60. The Kier molecular flexibility index (Phi) is 6.04. The molecule has 0 radical (unpaired) electrons. The maximum Gasteiger partial charge on any atom is 0.254 e. The number of likely N-dealkylation sites (tertiary alicyclic amines) is 1. The molecule has 2 aliphatic carbocycles. The lowest BCUT2D eigenvalue weighted by molar-refractivity contribution is 0.0700. The third-order valence-corrected chi connectivity index (χ3v) is 9.82.